The van der Waals surface area contributed by atoms with Crippen LogP contribution in [0, 0.1) is 13.8 Å². The predicted octanol–water partition coefficient (Wildman–Crippen LogP) is 2.25. The van der Waals surface area contributed by atoms with E-state index < -0.39 is 5.54 Å². The second-order valence-corrected chi connectivity index (χ2v) is 5.54. The summed E-state index contributed by atoms with van der Waals surface area (Å²) in [4.78, 5) is 11.8. The highest BCUT2D eigenvalue weighted by atomic mass is 16.1. The Kier molecular flexibility index (Phi) is 3.28. The molecule has 0 unspecified atom stereocenters. The summed E-state index contributed by atoms with van der Waals surface area (Å²) in [6.07, 6.45) is 0. The molecule has 1 heterocycles. The lowest BCUT2D eigenvalue weighted by Crippen LogP contribution is -2.35. The van der Waals surface area contributed by atoms with Gasteiger partial charge in [-0.15, -0.1) is 0 Å². The number of hydrogen-bond acceptors (Lipinski definition) is 3. The minimum absolute atomic E-state index is 0.235. The summed E-state index contributed by atoms with van der Waals surface area (Å²) in [5.41, 5.74) is 9.67. The van der Waals surface area contributed by atoms with Crippen molar-refractivity contribution in [3.63, 3.8) is 0 Å². The lowest BCUT2D eigenvalue weighted by molar-refractivity contribution is 0.544. The fraction of sp³-hybridized carbons (Fsp3) is 0.333. The minimum atomic E-state index is -0.691. The van der Waals surface area contributed by atoms with Gasteiger partial charge in [0.25, 0.3) is 5.56 Å². The van der Waals surface area contributed by atoms with E-state index in [2.05, 4.69) is 22.3 Å². The molecule has 0 atom stereocenters. The monoisotopic (exact) mass is 257 g/mol. The Hall–Kier alpha value is -1.94. The van der Waals surface area contributed by atoms with E-state index in [1.165, 1.54) is 0 Å². The average molecular weight is 257 g/mol. The summed E-state index contributed by atoms with van der Waals surface area (Å²) < 4.78 is 0. The van der Waals surface area contributed by atoms with Crippen molar-refractivity contribution in [1.29, 1.82) is 0 Å². The summed E-state index contributed by atoms with van der Waals surface area (Å²) >= 11 is 0. The van der Waals surface area contributed by atoms with Crippen LogP contribution in [0.4, 0.5) is 0 Å². The lowest BCUT2D eigenvalue weighted by Gasteiger charge is -2.18. The van der Waals surface area contributed by atoms with Crippen LogP contribution in [0.1, 0.15) is 30.5 Å². The zero-order chi connectivity index (χ0) is 14.2. The van der Waals surface area contributed by atoms with E-state index in [0.29, 0.717) is 5.56 Å². The maximum atomic E-state index is 11.8. The SMILES string of the molecule is Cc1ccc(C)c(-c2cc(C(C)(C)N)c(=O)[nH]n2)c1. The Morgan fingerprint density at radius 1 is 1.21 bits per heavy atom. The summed E-state index contributed by atoms with van der Waals surface area (Å²) in [6.45, 7) is 7.67. The molecule has 0 saturated carbocycles. The molecule has 4 heteroatoms. The van der Waals surface area contributed by atoms with Gasteiger partial charge in [-0.3, -0.25) is 4.79 Å². The minimum Gasteiger partial charge on any atom is -0.322 e. The van der Waals surface area contributed by atoms with Crippen molar-refractivity contribution < 1.29 is 0 Å². The molecule has 0 bridgehead atoms. The van der Waals surface area contributed by atoms with E-state index in [4.69, 9.17) is 5.73 Å². The van der Waals surface area contributed by atoms with E-state index in [0.717, 1.165) is 22.4 Å². The lowest BCUT2D eigenvalue weighted by atomic mass is 9.94. The van der Waals surface area contributed by atoms with Crippen molar-refractivity contribution in [2.24, 2.45) is 5.73 Å². The second kappa shape index (κ2) is 4.63. The summed E-state index contributed by atoms with van der Waals surface area (Å²) in [6, 6.07) is 7.94. The van der Waals surface area contributed by atoms with Gasteiger partial charge in [-0.2, -0.15) is 5.10 Å². The first-order chi connectivity index (χ1) is 8.79. The van der Waals surface area contributed by atoms with Gasteiger partial charge in [-0.25, -0.2) is 5.10 Å². The third-order valence-electron chi connectivity index (χ3n) is 3.17. The highest BCUT2D eigenvalue weighted by molar-refractivity contribution is 5.64. The summed E-state index contributed by atoms with van der Waals surface area (Å²) in [5.74, 6) is 0. The molecule has 1 aromatic carbocycles. The highest BCUT2D eigenvalue weighted by Crippen LogP contribution is 2.24. The predicted molar refractivity (Wildman–Crippen MR) is 77.0 cm³/mol. The molecule has 1 aromatic heterocycles. The Morgan fingerprint density at radius 2 is 1.89 bits per heavy atom. The molecule has 100 valence electrons. The van der Waals surface area contributed by atoms with Crippen LogP contribution in [-0.2, 0) is 5.54 Å². The number of aryl methyl sites for hydroxylation is 2. The Balaban J connectivity index is 2.65. The molecule has 0 fully saturated rings. The van der Waals surface area contributed by atoms with Crippen LogP contribution >= 0.6 is 0 Å². The van der Waals surface area contributed by atoms with Crippen molar-refractivity contribution in [2.75, 3.05) is 0 Å². The molecule has 0 aliphatic carbocycles. The molecule has 0 radical (unpaired) electrons. The number of nitrogens with one attached hydrogen (secondary N) is 1. The van der Waals surface area contributed by atoms with Gasteiger partial charge in [0.1, 0.15) is 0 Å². The number of benzene rings is 1. The number of nitrogens with two attached hydrogens (primary N) is 1. The number of aromatic amines is 1. The van der Waals surface area contributed by atoms with E-state index >= 15 is 0 Å². The first-order valence-electron chi connectivity index (χ1n) is 6.26. The fourth-order valence-electron chi connectivity index (χ4n) is 2.03. The summed E-state index contributed by atoms with van der Waals surface area (Å²) in [5, 5.41) is 6.67. The third kappa shape index (κ3) is 2.74. The highest BCUT2D eigenvalue weighted by Gasteiger charge is 2.20. The Bertz CT molecular complexity index is 666. The van der Waals surface area contributed by atoms with Gasteiger partial charge in [0.05, 0.1) is 5.69 Å². The average Bonchev–Trinajstić information content (AvgIpc) is 2.31. The maximum absolute atomic E-state index is 11.8. The largest absolute Gasteiger partial charge is 0.322 e. The first-order valence-corrected chi connectivity index (χ1v) is 6.26. The van der Waals surface area contributed by atoms with E-state index in [1.54, 1.807) is 6.07 Å². The van der Waals surface area contributed by atoms with E-state index in [1.807, 2.05) is 33.8 Å². The van der Waals surface area contributed by atoms with Crippen LogP contribution < -0.4 is 11.3 Å². The van der Waals surface area contributed by atoms with Crippen LogP contribution in [-0.4, -0.2) is 10.2 Å². The van der Waals surface area contributed by atoms with Crippen molar-refractivity contribution >= 4 is 0 Å². The van der Waals surface area contributed by atoms with Gasteiger partial charge < -0.3 is 5.73 Å². The molecule has 0 aliphatic heterocycles. The quantitative estimate of drug-likeness (QED) is 0.866. The Labute approximate surface area is 112 Å². The van der Waals surface area contributed by atoms with E-state index in [-0.39, 0.29) is 5.56 Å². The van der Waals surface area contributed by atoms with Gasteiger partial charge in [-0.1, -0.05) is 17.7 Å². The van der Waals surface area contributed by atoms with Crippen molar-refractivity contribution in [3.05, 3.63) is 51.3 Å². The fourth-order valence-corrected chi connectivity index (χ4v) is 2.03. The number of rotatable bonds is 2. The van der Waals surface area contributed by atoms with Gasteiger partial charge in [-0.05, 0) is 45.4 Å². The van der Waals surface area contributed by atoms with Crippen LogP contribution in [0.25, 0.3) is 11.3 Å². The standard InChI is InChI=1S/C15H19N3O/c1-9-5-6-10(2)11(7-9)13-8-12(15(3,4)16)14(19)18-17-13/h5-8H,16H2,1-4H3,(H,18,19). The third-order valence-corrected chi connectivity index (χ3v) is 3.17. The molecular formula is C15H19N3O. The van der Waals surface area contributed by atoms with Crippen molar-refractivity contribution in [1.82, 2.24) is 10.2 Å². The topological polar surface area (TPSA) is 71.8 Å². The Morgan fingerprint density at radius 3 is 2.53 bits per heavy atom. The van der Waals surface area contributed by atoms with Crippen LogP contribution in [0.5, 0.6) is 0 Å². The van der Waals surface area contributed by atoms with Crippen LogP contribution in [0.3, 0.4) is 0 Å². The molecule has 2 rings (SSSR count). The molecule has 3 N–H and O–H groups in total. The first kappa shape index (κ1) is 13.5. The second-order valence-electron chi connectivity index (χ2n) is 5.54. The number of hydrogen-bond donors (Lipinski definition) is 2. The van der Waals surface area contributed by atoms with Crippen LogP contribution in [0.2, 0.25) is 0 Å². The summed E-state index contributed by atoms with van der Waals surface area (Å²) in [7, 11) is 0. The normalized spacial score (nSPS) is 11.6. The van der Waals surface area contributed by atoms with Gasteiger partial charge in [0.2, 0.25) is 0 Å². The van der Waals surface area contributed by atoms with Gasteiger partial charge in [0, 0.05) is 16.7 Å². The van der Waals surface area contributed by atoms with Crippen LogP contribution in [0.15, 0.2) is 29.1 Å². The molecule has 0 spiro atoms. The zero-order valence-electron chi connectivity index (χ0n) is 11.7. The maximum Gasteiger partial charge on any atom is 0.269 e. The molecule has 4 nitrogen and oxygen atoms in total. The number of aromatic nitrogens is 2. The van der Waals surface area contributed by atoms with Gasteiger partial charge >= 0.3 is 0 Å². The van der Waals surface area contributed by atoms with E-state index in [9.17, 15) is 4.79 Å². The number of nitrogens with zero attached hydrogens (tertiary/aromatic N) is 1. The molecule has 0 amide bonds. The smallest absolute Gasteiger partial charge is 0.269 e. The zero-order valence-corrected chi connectivity index (χ0v) is 11.7. The van der Waals surface area contributed by atoms with Crippen molar-refractivity contribution in [2.45, 2.75) is 33.2 Å². The molecule has 0 aliphatic rings. The molecular weight excluding hydrogens is 238 g/mol. The molecule has 2 aromatic rings. The molecule has 0 saturated heterocycles. The number of H-pyrrole nitrogens is 1. The van der Waals surface area contributed by atoms with Crippen molar-refractivity contribution in [3.8, 4) is 11.3 Å². The van der Waals surface area contributed by atoms with Gasteiger partial charge in [0.15, 0.2) is 0 Å². The molecule has 19 heavy (non-hydrogen) atoms.